The van der Waals surface area contributed by atoms with Crippen LogP contribution in [0.1, 0.15) is 49.2 Å². The number of nitrogens with one attached hydrogen (secondary N) is 1. The van der Waals surface area contributed by atoms with Crippen molar-refractivity contribution < 1.29 is 34.0 Å². The quantitative estimate of drug-likeness (QED) is 0.626. The van der Waals surface area contributed by atoms with E-state index in [1.165, 1.54) is 0 Å². The number of hydrogen-bond acceptors (Lipinski definition) is 5. The number of carbonyl (C=O) groups excluding carboxylic acids is 1. The summed E-state index contributed by atoms with van der Waals surface area (Å²) >= 11 is 0. The standard InChI is InChI=1S/C16H22FNO6/c1-16(2,3)24-15(23)18-5-4-12(19)13(20)9-6-10(14(21)22)8-11(17)7-9/h6-8,12-13,19-20H,4-5H2,1-3H3,(H,18,23)(H,21,22). The molecule has 1 aromatic rings. The molecular weight excluding hydrogens is 321 g/mol. The summed E-state index contributed by atoms with van der Waals surface area (Å²) in [5.74, 6) is -2.17. The molecule has 2 atom stereocenters. The monoisotopic (exact) mass is 343 g/mol. The van der Waals surface area contributed by atoms with E-state index in [0.29, 0.717) is 0 Å². The third-order valence-corrected chi connectivity index (χ3v) is 2.98. The number of carbonyl (C=O) groups is 2. The van der Waals surface area contributed by atoms with E-state index in [9.17, 15) is 24.2 Å². The van der Waals surface area contributed by atoms with Gasteiger partial charge in [-0.05, 0) is 51.0 Å². The largest absolute Gasteiger partial charge is 0.478 e. The van der Waals surface area contributed by atoms with Gasteiger partial charge in [0.1, 0.15) is 17.5 Å². The van der Waals surface area contributed by atoms with Crippen molar-refractivity contribution in [3.8, 4) is 0 Å². The molecule has 0 aliphatic heterocycles. The minimum absolute atomic E-state index is 0.0221. The van der Waals surface area contributed by atoms with Crippen LogP contribution in [0.5, 0.6) is 0 Å². The highest BCUT2D eigenvalue weighted by atomic mass is 19.1. The van der Waals surface area contributed by atoms with E-state index in [0.717, 1.165) is 18.2 Å². The molecule has 1 aromatic carbocycles. The molecule has 0 bridgehead atoms. The lowest BCUT2D eigenvalue weighted by molar-refractivity contribution is 0.0121. The van der Waals surface area contributed by atoms with E-state index >= 15 is 0 Å². The number of aromatic carboxylic acids is 1. The highest BCUT2D eigenvalue weighted by Gasteiger charge is 2.21. The Labute approximate surface area is 139 Å². The molecule has 1 rings (SSSR count). The van der Waals surface area contributed by atoms with Gasteiger partial charge in [0.15, 0.2) is 0 Å². The molecule has 134 valence electrons. The number of carboxylic acids is 1. The van der Waals surface area contributed by atoms with Gasteiger partial charge in [-0.2, -0.15) is 0 Å². The lowest BCUT2D eigenvalue weighted by Gasteiger charge is -2.21. The van der Waals surface area contributed by atoms with E-state index in [-0.39, 0.29) is 24.1 Å². The van der Waals surface area contributed by atoms with Crippen molar-refractivity contribution in [3.05, 3.63) is 35.1 Å². The Balaban J connectivity index is 2.61. The number of hydrogen-bond donors (Lipinski definition) is 4. The van der Waals surface area contributed by atoms with Gasteiger partial charge in [0.05, 0.1) is 11.7 Å². The summed E-state index contributed by atoms with van der Waals surface area (Å²) in [6.07, 6.45) is -3.50. The third-order valence-electron chi connectivity index (χ3n) is 2.98. The Kier molecular flexibility index (Phi) is 6.68. The zero-order chi connectivity index (χ0) is 18.5. The number of aliphatic hydroxyl groups is 2. The fourth-order valence-corrected chi connectivity index (χ4v) is 1.92. The van der Waals surface area contributed by atoms with Crippen LogP contribution < -0.4 is 5.32 Å². The Morgan fingerprint density at radius 3 is 2.42 bits per heavy atom. The molecule has 8 heteroatoms. The minimum Gasteiger partial charge on any atom is -0.478 e. The minimum atomic E-state index is -1.49. The summed E-state index contributed by atoms with van der Waals surface area (Å²) in [5, 5.41) is 31.2. The second-order valence-electron chi connectivity index (χ2n) is 6.31. The van der Waals surface area contributed by atoms with Gasteiger partial charge >= 0.3 is 12.1 Å². The number of ether oxygens (including phenoxy) is 1. The van der Waals surface area contributed by atoms with Gasteiger partial charge in [0.25, 0.3) is 0 Å². The van der Waals surface area contributed by atoms with Crippen molar-refractivity contribution in [3.63, 3.8) is 0 Å². The molecule has 0 saturated carbocycles. The molecule has 0 aromatic heterocycles. The first-order valence-electron chi connectivity index (χ1n) is 7.36. The smallest absolute Gasteiger partial charge is 0.407 e. The zero-order valence-electron chi connectivity index (χ0n) is 13.7. The van der Waals surface area contributed by atoms with Gasteiger partial charge in [-0.25, -0.2) is 14.0 Å². The number of aliphatic hydroxyl groups excluding tert-OH is 2. The number of amides is 1. The highest BCUT2D eigenvalue weighted by Crippen LogP contribution is 2.21. The first kappa shape index (κ1) is 19.9. The molecule has 0 fully saturated rings. The van der Waals surface area contributed by atoms with E-state index in [4.69, 9.17) is 9.84 Å². The van der Waals surface area contributed by atoms with Crippen LogP contribution in [-0.4, -0.2) is 45.6 Å². The van der Waals surface area contributed by atoms with Gasteiger partial charge in [-0.3, -0.25) is 0 Å². The second-order valence-corrected chi connectivity index (χ2v) is 6.31. The molecule has 7 nitrogen and oxygen atoms in total. The molecule has 0 heterocycles. The maximum absolute atomic E-state index is 13.4. The Morgan fingerprint density at radius 1 is 1.25 bits per heavy atom. The Hall–Kier alpha value is -2.19. The van der Waals surface area contributed by atoms with Crippen molar-refractivity contribution in [2.24, 2.45) is 0 Å². The lowest BCUT2D eigenvalue weighted by atomic mass is 10.00. The molecule has 0 radical (unpaired) electrons. The number of carboxylic acid groups (broad SMARTS) is 1. The predicted molar refractivity (Wildman–Crippen MR) is 83.2 cm³/mol. The van der Waals surface area contributed by atoms with Crippen LogP contribution in [-0.2, 0) is 4.74 Å². The lowest BCUT2D eigenvalue weighted by Crippen LogP contribution is -2.34. The SMILES string of the molecule is CC(C)(C)OC(=O)NCCC(O)C(O)c1cc(F)cc(C(=O)O)c1. The van der Waals surface area contributed by atoms with Crippen LogP contribution in [0.2, 0.25) is 0 Å². The van der Waals surface area contributed by atoms with Crippen molar-refractivity contribution in [1.82, 2.24) is 5.32 Å². The summed E-state index contributed by atoms with van der Waals surface area (Å²) in [4.78, 5) is 22.3. The fourth-order valence-electron chi connectivity index (χ4n) is 1.92. The van der Waals surface area contributed by atoms with E-state index < -0.39 is 35.7 Å². The van der Waals surface area contributed by atoms with Crippen molar-refractivity contribution in [1.29, 1.82) is 0 Å². The molecular formula is C16H22FNO6. The fraction of sp³-hybridized carbons (Fsp3) is 0.500. The van der Waals surface area contributed by atoms with Crippen LogP contribution in [0.3, 0.4) is 0 Å². The van der Waals surface area contributed by atoms with Crippen LogP contribution >= 0.6 is 0 Å². The van der Waals surface area contributed by atoms with Gasteiger partial charge in [0.2, 0.25) is 0 Å². The number of benzene rings is 1. The number of alkyl carbamates (subject to hydrolysis) is 1. The van der Waals surface area contributed by atoms with Gasteiger partial charge < -0.3 is 25.4 Å². The average Bonchev–Trinajstić information content (AvgIpc) is 2.43. The van der Waals surface area contributed by atoms with Gasteiger partial charge in [-0.1, -0.05) is 0 Å². The van der Waals surface area contributed by atoms with Crippen LogP contribution in [0.4, 0.5) is 9.18 Å². The van der Waals surface area contributed by atoms with Crippen LogP contribution in [0.25, 0.3) is 0 Å². The second kappa shape index (κ2) is 8.07. The van der Waals surface area contributed by atoms with E-state index in [1.807, 2.05) is 0 Å². The molecule has 2 unspecified atom stereocenters. The Morgan fingerprint density at radius 2 is 1.88 bits per heavy atom. The molecule has 0 aliphatic rings. The third kappa shape index (κ3) is 6.51. The first-order chi connectivity index (χ1) is 11.0. The zero-order valence-corrected chi connectivity index (χ0v) is 13.7. The van der Waals surface area contributed by atoms with Crippen molar-refractivity contribution in [2.75, 3.05) is 6.54 Å². The normalized spacial score (nSPS) is 13.9. The molecule has 24 heavy (non-hydrogen) atoms. The summed E-state index contributed by atoms with van der Waals surface area (Å²) in [6.45, 7) is 5.13. The first-order valence-corrected chi connectivity index (χ1v) is 7.36. The van der Waals surface area contributed by atoms with Crippen molar-refractivity contribution >= 4 is 12.1 Å². The maximum Gasteiger partial charge on any atom is 0.407 e. The van der Waals surface area contributed by atoms with Crippen LogP contribution in [0, 0.1) is 5.82 Å². The number of rotatable bonds is 6. The average molecular weight is 343 g/mol. The number of halogens is 1. The predicted octanol–water partition coefficient (Wildman–Crippen LogP) is 1.83. The molecule has 0 spiro atoms. The molecule has 0 saturated heterocycles. The van der Waals surface area contributed by atoms with Crippen LogP contribution in [0.15, 0.2) is 18.2 Å². The maximum atomic E-state index is 13.4. The van der Waals surface area contributed by atoms with Gasteiger partial charge in [-0.15, -0.1) is 0 Å². The van der Waals surface area contributed by atoms with E-state index in [1.54, 1.807) is 20.8 Å². The topological polar surface area (TPSA) is 116 Å². The van der Waals surface area contributed by atoms with Gasteiger partial charge in [0, 0.05) is 6.54 Å². The van der Waals surface area contributed by atoms with Crippen molar-refractivity contribution in [2.45, 2.75) is 45.0 Å². The summed E-state index contributed by atoms with van der Waals surface area (Å²) < 4.78 is 18.4. The van der Waals surface area contributed by atoms with E-state index in [2.05, 4.69) is 5.32 Å². The summed E-state index contributed by atoms with van der Waals surface area (Å²) in [5.41, 5.74) is -1.04. The molecule has 1 amide bonds. The Bertz CT molecular complexity index is 599. The summed E-state index contributed by atoms with van der Waals surface area (Å²) in [6, 6.07) is 2.84. The molecule has 4 N–H and O–H groups in total. The summed E-state index contributed by atoms with van der Waals surface area (Å²) in [7, 11) is 0. The highest BCUT2D eigenvalue weighted by molar-refractivity contribution is 5.87. The molecule has 0 aliphatic carbocycles.